The molecule has 0 aromatic heterocycles. The number of halogens is 2. The first kappa shape index (κ1) is 14.8. The summed E-state index contributed by atoms with van der Waals surface area (Å²) >= 11 is 0. The van der Waals surface area contributed by atoms with Crippen LogP contribution in [0.5, 0.6) is 0 Å². The Kier molecular flexibility index (Phi) is 5.32. The lowest BCUT2D eigenvalue weighted by molar-refractivity contribution is 0.0425. The van der Waals surface area contributed by atoms with Crippen molar-refractivity contribution in [2.45, 2.75) is 46.1 Å². The second-order valence-electron chi connectivity index (χ2n) is 6.03. The highest BCUT2D eigenvalue weighted by atomic mass is 19.3. The topological polar surface area (TPSA) is 6.48 Å². The Morgan fingerprint density at radius 1 is 1.24 bits per heavy atom. The predicted molar refractivity (Wildman–Crippen MR) is 67.6 cm³/mol. The van der Waals surface area contributed by atoms with E-state index in [0.29, 0.717) is 6.04 Å². The van der Waals surface area contributed by atoms with Crippen LogP contribution in [0.2, 0.25) is 0 Å². The number of nitrogens with zero attached hydrogens (tertiary/aromatic N) is 2. The van der Waals surface area contributed by atoms with E-state index in [2.05, 4.69) is 25.7 Å². The van der Waals surface area contributed by atoms with Crippen molar-refractivity contribution < 1.29 is 8.78 Å². The number of likely N-dealkylation sites (tertiary alicyclic amines) is 1. The number of rotatable bonds is 5. The zero-order chi connectivity index (χ0) is 13.1. The van der Waals surface area contributed by atoms with Crippen LogP contribution in [0.15, 0.2) is 0 Å². The van der Waals surface area contributed by atoms with Gasteiger partial charge in [-0.25, -0.2) is 8.78 Å². The Balaban J connectivity index is 2.39. The molecule has 0 radical (unpaired) electrons. The molecule has 1 aliphatic heterocycles. The second-order valence-corrected chi connectivity index (χ2v) is 6.03. The highest BCUT2D eigenvalue weighted by Gasteiger charge is 2.32. The van der Waals surface area contributed by atoms with Gasteiger partial charge in [-0.15, -0.1) is 0 Å². The highest BCUT2D eigenvalue weighted by molar-refractivity contribution is 4.85. The maximum atomic E-state index is 12.3. The largest absolute Gasteiger partial charge is 0.301 e. The standard InChI is InChI=1S/C13H26F2N2/c1-11(2)17-7-5-13(3,6-8-17)10-16(4)9-12(14)15/h11-12H,5-10H2,1-4H3. The van der Waals surface area contributed by atoms with Crippen molar-refractivity contribution in [3.63, 3.8) is 0 Å². The minimum atomic E-state index is -2.22. The molecule has 1 heterocycles. The first-order chi connectivity index (χ1) is 7.82. The number of alkyl halides is 2. The third kappa shape index (κ3) is 4.88. The van der Waals surface area contributed by atoms with Gasteiger partial charge >= 0.3 is 0 Å². The molecule has 0 N–H and O–H groups in total. The summed E-state index contributed by atoms with van der Waals surface area (Å²) in [4.78, 5) is 4.24. The van der Waals surface area contributed by atoms with E-state index in [4.69, 9.17) is 0 Å². The van der Waals surface area contributed by atoms with Gasteiger partial charge in [-0.3, -0.25) is 0 Å². The van der Waals surface area contributed by atoms with Gasteiger partial charge in [-0.1, -0.05) is 6.92 Å². The number of hydrogen-bond acceptors (Lipinski definition) is 2. The van der Waals surface area contributed by atoms with E-state index in [1.165, 1.54) is 0 Å². The highest BCUT2D eigenvalue weighted by Crippen LogP contribution is 2.32. The van der Waals surface area contributed by atoms with Crippen LogP contribution in [0.4, 0.5) is 8.78 Å². The lowest BCUT2D eigenvalue weighted by Gasteiger charge is -2.42. The van der Waals surface area contributed by atoms with Crippen LogP contribution in [-0.2, 0) is 0 Å². The Bertz CT molecular complexity index is 223. The van der Waals surface area contributed by atoms with Gasteiger partial charge in [0.1, 0.15) is 0 Å². The predicted octanol–water partition coefficient (Wildman–Crippen LogP) is 2.69. The molecule has 4 heteroatoms. The summed E-state index contributed by atoms with van der Waals surface area (Å²) in [6.07, 6.45) is -0.00306. The first-order valence-corrected chi connectivity index (χ1v) is 6.53. The van der Waals surface area contributed by atoms with Gasteiger partial charge in [0.2, 0.25) is 0 Å². The zero-order valence-electron chi connectivity index (χ0n) is 11.5. The molecule has 0 spiro atoms. The second kappa shape index (κ2) is 6.10. The van der Waals surface area contributed by atoms with Crippen molar-refractivity contribution in [2.75, 3.05) is 33.2 Å². The van der Waals surface area contributed by atoms with Crippen LogP contribution in [-0.4, -0.2) is 55.5 Å². The summed E-state index contributed by atoms with van der Waals surface area (Å²) in [5.41, 5.74) is 0.203. The van der Waals surface area contributed by atoms with Crippen molar-refractivity contribution in [2.24, 2.45) is 5.41 Å². The quantitative estimate of drug-likeness (QED) is 0.738. The molecule has 0 aromatic carbocycles. The third-order valence-corrected chi connectivity index (χ3v) is 3.84. The summed E-state index contributed by atoms with van der Waals surface area (Å²) < 4.78 is 24.6. The van der Waals surface area contributed by atoms with Gasteiger partial charge in [0.15, 0.2) is 0 Å². The molecule has 0 amide bonds. The average molecular weight is 248 g/mol. The summed E-state index contributed by atoms with van der Waals surface area (Å²) in [5, 5.41) is 0. The van der Waals surface area contributed by atoms with Gasteiger partial charge in [0.05, 0.1) is 6.54 Å². The van der Waals surface area contributed by atoms with Gasteiger partial charge in [0, 0.05) is 12.6 Å². The van der Waals surface area contributed by atoms with E-state index in [0.717, 1.165) is 32.5 Å². The maximum absolute atomic E-state index is 12.3. The minimum Gasteiger partial charge on any atom is -0.301 e. The molecule has 0 bridgehead atoms. The van der Waals surface area contributed by atoms with E-state index >= 15 is 0 Å². The average Bonchev–Trinajstić information content (AvgIpc) is 2.15. The SMILES string of the molecule is CC(C)N1CCC(C)(CN(C)CC(F)F)CC1. The molecule has 0 aromatic rings. The van der Waals surface area contributed by atoms with Crippen LogP contribution < -0.4 is 0 Å². The van der Waals surface area contributed by atoms with Crippen molar-refractivity contribution in [1.29, 1.82) is 0 Å². The molecular formula is C13H26F2N2. The summed E-state index contributed by atoms with van der Waals surface area (Å²) in [6.45, 7) is 9.52. The fourth-order valence-corrected chi connectivity index (χ4v) is 2.69. The Morgan fingerprint density at radius 3 is 2.18 bits per heavy atom. The van der Waals surface area contributed by atoms with Crippen LogP contribution in [0.25, 0.3) is 0 Å². The van der Waals surface area contributed by atoms with Gasteiger partial charge in [-0.05, 0) is 52.2 Å². The molecular weight excluding hydrogens is 222 g/mol. The molecule has 102 valence electrons. The molecule has 1 aliphatic rings. The fraction of sp³-hybridized carbons (Fsp3) is 1.00. The fourth-order valence-electron chi connectivity index (χ4n) is 2.69. The van der Waals surface area contributed by atoms with Gasteiger partial charge < -0.3 is 9.80 Å². The van der Waals surface area contributed by atoms with Gasteiger partial charge in [0.25, 0.3) is 6.43 Å². The summed E-state index contributed by atoms with van der Waals surface area (Å²) in [6, 6.07) is 0.596. The van der Waals surface area contributed by atoms with Crippen LogP contribution in [0.3, 0.4) is 0 Å². The van der Waals surface area contributed by atoms with Crippen molar-refractivity contribution in [1.82, 2.24) is 9.80 Å². The molecule has 1 fully saturated rings. The van der Waals surface area contributed by atoms with E-state index in [9.17, 15) is 8.78 Å². The lowest BCUT2D eigenvalue weighted by Crippen LogP contribution is -2.46. The zero-order valence-corrected chi connectivity index (χ0v) is 11.5. The molecule has 1 saturated heterocycles. The third-order valence-electron chi connectivity index (χ3n) is 3.84. The number of hydrogen-bond donors (Lipinski definition) is 0. The summed E-state index contributed by atoms with van der Waals surface area (Å²) in [5.74, 6) is 0. The van der Waals surface area contributed by atoms with Crippen molar-refractivity contribution >= 4 is 0 Å². The Hall–Kier alpha value is -0.220. The smallest absolute Gasteiger partial charge is 0.251 e. The van der Waals surface area contributed by atoms with Crippen LogP contribution in [0.1, 0.15) is 33.6 Å². The van der Waals surface area contributed by atoms with Crippen molar-refractivity contribution in [3.8, 4) is 0 Å². The molecule has 0 saturated carbocycles. The number of piperidine rings is 1. The molecule has 2 nitrogen and oxygen atoms in total. The van der Waals surface area contributed by atoms with E-state index in [1.807, 2.05) is 0 Å². The Morgan fingerprint density at radius 2 is 1.76 bits per heavy atom. The molecule has 0 unspecified atom stereocenters. The molecule has 0 aliphatic carbocycles. The lowest BCUT2D eigenvalue weighted by atomic mass is 9.79. The monoisotopic (exact) mass is 248 g/mol. The molecule has 1 rings (SSSR count). The molecule has 0 atom stereocenters. The first-order valence-electron chi connectivity index (χ1n) is 6.53. The van der Waals surface area contributed by atoms with Gasteiger partial charge in [-0.2, -0.15) is 0 Å². The van der Waals surface area contributed by atoms with E-state index in [1.54, 1.807) is 11.9 Å². The maximum Gasteiger partial charge on any atom is 0.251 e. The summed E-state index contributed by atoms with van der Waals surface area (Å²) in [7, 11) is 1.80. The minimum absolute atomic E-state index is 0.108. The van der Waals surface area contributed by atoms with Crippen LogP contribution >= 0.6 is 0 Å². The molecule has 17 heavy (non-hydrogen) atoms. The van der Waals surface area contributed by atoms with E-state index < -0.39 is 6.43 Å². The van der Waals surface area contributed by atoms with Crippen LogP contribution in [0, 0.1) is 5.41 Å². The normalized spacial score (nSPS) is 21.7. The van der Waals surface area contributed by atoms with Crippen molar-refractivity contribution in [3.05, 3.63) is 0 Å². The Labute approximate surface area is 104 Å². The van der Waals surface area contributed by atoms with E-state index in [-0.39, 0.29) is 12.0 Å².